The highest BCUT2D eigenvalue weighted by Gasteiger charge is 2.20. The second-order valence-corrected chi connectivity index (χ2v) is 5.17. The molecule has 0 unspecified atom stereocenters. The summed E-state index contributed by atoms with van der Waals surface area (Å²) >= 11 is 5.67. The van der Waals surface area contributed by atoms with Gasteiger partial charge < -0.3 is 9.30 Å². The number of nitro groups is 1. The van der Waals surface area contributed by atoms with Crippen molar-refractivity contribution in [1.82, 2.24) is 4.57 Å². The predicted octanol–water partition coefficient (Wildman–Crippen LogP) is 3.63. The molecule has 22 heavy (non-hydrogen) atoms. The molecule has 0 atom stereocenters. The monoisotopic (exact) mass is 318 g/mol. The molecule has 0 amide bonds. The van der Waals surface area contributed by atoms with Crippen molar-refractivity contribution in [2.24, 2.45) is 7.05 Å². The zero-order chi connectivity index (χ0) is 16.0. The van der Waals surface area contributed by atoms with Crippen molar-refractivity contribution in [3.8, 4) is 5.75 Å². The molecule has 1 aromatic heterocycles. The van der Waals surface area contributed by atoms with Gasteiger partial charge in [0.15, 0.2) is 0 Å². The summed E-state index contributed by atoms with van der Waals surface area (Å²) in [5, 5.41) is 11.5. The van der Waals surface area contributed by atoms with Gasteiger partial charge in [-0.15, -0.1) is 0 Å². The Hall–Kier alpha value is -2.60. The van der Waals surface area contributed by atoms with Crippen LogP contribution in [0.15, 0.2) is 30.3 Å². The Morgan fingerprint density at radius 3 is 2.64 bits per heavy atom. The minimum absolute atomic E-state index is 0.0456. The van der Waals surface area contributed by atoms with Gasteiger partial charge in [-0.25, -0.2) is 0 Å². The number of carbonyl (C=O) groups is 1. The molecule has 0 radical (unpaired) electrons. The molecule has 0 aliphatic rings. The van der Waals surface area contributed by atoms with E-state index in [1.165, 1.54) is 19.2 Å². The molecule has 0 saturated heterocycles. The minimum atomic E-state index is -0.619. The second-order valence-electron chi connectivity index (χ2n) is 4.83. The minimum Gasteiger partial charge on any atom is -0.495 e. The standard InChI is InChI=1S/C15H11ClN2O4/c1-17-11-5-3-8(18(20)21)7-10(11)13-9(15(16)19)4-6-12(22-2)14(13)17/h3-7H,1-2H3. The fourth-order valence-electron chi connectivity index (χ4n) is 2.76. The maximum atomic E-state index is 11.7. The molecule has 0 bridgehead atoms. The molecule has 7 heteroatoms. The number of nitro benzene ring substituents is 1. The first-order valence-electron chi connectivity index (χ1n) is 6.39. The number of aromatic nitrogens is 1. The van der Waals surface area contributed by atoms with Crippen LogP contribution in [0.4, 0.5) is 5.69 Å². The largest absolute Gasteiger partial charge is 0.495 e. The van der Waals surface area contributed by atoms with Crippen LogP contribution in [0.1, 0.15) is 10.4 Å². The predicted molar refractivity (Wildman–Crippen MR) is 83.8 cm³/mol. The smallest absolute Gasteiger partial charge is 0.270 e. The van der Waals surface area contributed by atoms with E-state index in [9.17, 15) is 14.9 Å². The van der Waals surface area contributed by atoms with Crippen molar-refractivity contribution in [2.75, 3.05) is 7.11 Å². The number of ether oxygens (including phenoxy) is 1. The highest BCUT2D eigenvalue weighted by Crippen LogP contribution is 2.38. The highest BCUT2D eigenvalue weighted by atomic mass is 35.5. The number of non-ortho nitro benzene ring substituents is 1. The van der Waals surface area contributed by atoms with Crippen molar-refractivity contribution in [3.63, 3.8) is 0 Å². The molecule has 6 nitrogen and oxygen atoms in total. The summed E-state index contributed by atoms with van der Waals surface area (Å²) in [7, 11) is 3.33. The van der Waals surface area contributed by atoms with Crippen molar-refractivity contribution in [2.45, 2.75) is 0 Å². The summed E-state index contributed by atoms with van der Waals surface area (Å²) in [6.07, 6.45) is 0. The molecule has 0 aliphatic heterocycles. The van der Waals surface area contributed by atoms with Gasteiger partial charge in [-0.05, 0) is 29.8 Å². The maximum Gasteiger partial charge on any atom is 0.270 e. The molecule has 0 aliphatic carbocycles. The number of rotatable bonds is 3. The third-order valence-electron chi connectivity index (χ3n) is 3.73. The number of carbonyl (C=O) groups excluding carboxylic acids is 1. The van der Waals surface area contributed by atoms with Crippen LogP contribution < -0.4 is 4.74 Å². The number of hydrogen-bond donors (Lipinski definition) is 0. The van der Waals surface area contributed by atoms with Crippen LogP contribution in [-0.2, 0) is 7.05 Å². The van der Waals surface area contributed by atoms with E-state index >= 15 is 0 Å². The van der Waals surface area contributed by atoms with E-state index in [1.54, 1.807) is 18.2 Å². The first-order valence-corrected chi connectivity index (χ1v) is 6.77. The molecular formula is C15H11ClN2O4. The fourth-order valence-corrected chi connectivity index (χ4v) is 2.91. The third kappa shape index (κ3) is 1.92. The van der Waals surface area contributed by atoms with Crippen molar-refractivity contribution < 1.29 is 14.5 Å². The van der Waals surface area contributed by atoms with Crippen LogP contribution in [0.3, 0.4) is 0 Å². The van der Waals surface area contributed by atoms with Gasteiger partial charge in [0.05, 0.1) is 17.5 Å². The molecule has 2 aromatic carbocycles. The Kier molecular flexibility index (Phi) is 3.26. The van der Waals surface area contributed by atoms with Crippen LogP contribution in [0.5, 0.6) is 5.75 Å². The van der Waals surface area contributed by atoms with E-state index in [1.807, 2.05) is 11.6 Å². The normalized spacial score (nSPS) is 11.0. The topological polar surface area (TPSA) is 74.4 Å². The van der Waals surface area contributed by atoms with Gasteiger partial charge in [-0.2, -0.15) is 0 Å². The van der Waals surface area contributed by atoms with Crippen LogP contribution in [0.25, 0.3) is 21.8 Å². The van der Waals surface area contributed by atoms with Gasteiger partial charge in [0.25, 0.3) is 10.9 Å². The Labute approximate surface area is 130 Å². The number of halogens is 1. The van der Waals surface area contributed by atoms with E-state index in [-0.39, 0.29) is 5.69 Å². The van der Waals surface area contributed by atoms with Gasteiger partial charge in [0.2, 0.25) is 0 Å². The molecule has 0 N–H and O–H groups in total. The number of benzene rings is 2. The van der Waals surface area contributed by atoms with Crippen LogP contribution >= 0.6 is 11.6 Å². The Morgan fingerprint density at radius 2 is 2.05 bits per heavy atom. The molecule has 1 heterocycles. The van der Waals surface area contributed by atoms with E-state index in [0.29, 0.717) is 27.6 Å². The zero-order valence-electron chi connectivity index (χ0n) is 11.8. The SMILES string of the molecule is COc1ccc(C(=O)Cl)c2c3cc([N+](=O)[O-])ccc3n(C)c12. The van der Waals surface area contributed by atoms with Crippen LogP contribution in [-0.4, -0.2) is 21.8 Å². The number of aryl methyl sites for hydroxylation is 1. The highest BCUT2D eigenvalue weighted by molar-refractivity contribution is 6.69. The van der Waals surface area contributed by atoms with Gasteiger partial charge in [-0.1, -0.05) is 0 Å². The maximum absolute atomic E-state index is 11.7. The summed E-state index contributed by atoms with van der Waals surface area (Å²) in [5.74, 6) is 0.568. The average molecular weight is 319 g/mol. The summed E-state index contributed by atoms with van der Waals surface area (Å²) in [6.45, 7) is 0. The fraction of sp³-hybridized carbons (Fsp3) is 0.133. The molecule has 3 aromatic rings. The lowest BCUT2D eigenvalue weighted by atomic mass is 10.1. The lowest BCUT2D eigenvalue weighted by molar-refractivity contribution is -0.384. The van der Waals surface area contributed by atoms with Gasteiger partial charge >= 0.3 is 0 Å². The van der Waals surface area contributed by atoms with Crippen LogP contribution in [0.2, 0.25) is 0 Å². The van der Waals surface area contributed by atoms with Crippen molar-refractivity contribution >= 4 is 44.3 Å². The number of nitrogens with zero attached hydrogens (tertiary/aromatic N) is 2. The number of methoxy groups -OCH3 is 1. The van der Waals surface area contributed by atoms with Crippen molar-refractivity contribution in [1.29, 1.82) is 0 Å². The second kappa shape index (κ2) is 4.99. The Balaban J connectivity index is 2.58. The molecular weight excluding hydrogens is 308 g/mol. The van der Waals surface area contributed by atoms with Crippen molar-refractivity contribution in [3.05, 3.63) is 46.0 Å². The molecule has 0 spiro atoms. The Bertz CT molecular complexity index is 946. The van der Waals surface area contributed by atoms with Gasteiger partial charge in [-0.3, -0.25) is 14.9 Å². The lowest BCUT2D eigenvalue weighted by Crippen LogP contribution is -1.95. The van der Waals surface area contributed by atoms with E-state index in [0.717, 1.165) is 5.52 Å². The van der Waals surface area contributed by atoms with Gasteiger partial charge in [0.1, 0.15) is 5.75 Å². The molecule has 112 valence electrons. The first kappa shape index (κ1) is 14.3. The van der Waals surface area contributed by atoms with E-state index in [2.05, 4.69) is 0 Å². The van der Waals surface area contributed by atoms with Gasteiger partial charge in [0, 0.05) is 41.0 Å². The zero-order valence-corrected chi connectivity index (χ0v) is 12.5. The average Bonchev–Trinajstić information content (AvgIpc) is 2.79. The number of fused-ring (bicyclic) bond motifs is 3. The molecule has 0 fully saturated rings. The quantitative estimate of drug-likeness (QED) is 0.420. The molecule has 3 rings (SSSR count). The Morgan fingerprint density at radius 1 is 1.32 bits per heavy atom. The number of hydrogen-bond acceptors (Lipinski definition) is 4. The third-order valence-corrected chi connectivity index (χ3v) is 3.93. The summed E-state index contributed by atoms with van der Waals surface area (Å²) in [4.78, 5) is 22.3. The van der Waals surface area contributed by atoms with Crippen LogP contribution in [0, 0.1) is 10.1 Å². The van der Waals surface area contributed by atoms with E-state index < -0.39 is 10.2 Å². The lowest BCUT2D eigenvalue weighted by Gasteiger charge is -2.06. The van der Waals surface area contributed by atoms with E-state index in [4.69, 9.17) is 16.3 Å². The summed E-state index contributed by atoms with van der Waals surface area (Å²) < 4.78 is 7.17. The summed E-state index contributed by atoms with van der Waals surface area (Å²) in [5.41, 5.74) is 1.67. The first-order chi connectivity index (χ1) is 10.5. The summed E-state index contributed by atoms with van der Waals surface area (Å²) in [6, 6.07) is 7.74. The molecule has 0 saturated carbocycles.